The third kappa shape index (κ3) is 12.8. The first-order chi connectivity index (χ1) is 23.6. The molecule has 0 aromatic heterocycles. The highest BCUT2D eigenvalue weighted by Crippen LogP contribution is 2.21. The lowest BCUT2D eigenvalue weighted by atomic mass is 10.1. The summed E-state index contributed by atoms with van der Waals surface area (Å²) in [5, 5.41) is 25.0. The molecule has 0 fully saturated rings. The summed E-state index contributed by atoms with van der Waals surface area (Å²) < 4.78 is 10.9. The third-order valence-electron chi connectivity index (χ3n) is 7.23. The molecule has 0 heterocycles. The van der Waals surface area contributed by atoms with Crippen LogP contribution >= 0.6 is 23.2 Å². The van der Waals surface area contributed by atoms with Gasteiger partial charge in [-0.15, -0.1) is 0 Å². The number of amides is 2. The van der Waals surface area contributed by atoms with Crippen molar-refractivity contribution in [2.75, 3.05) is 13.1 Å². The number of halogens is 2. The first-order valence-electron chi connectivity index (χ1n) is 15.7. The van der Waals surface area contributed by atoms with Crippen LogP contribution in [0.5, 0.6) is 11.5 Å². The number of benzene rings is 4. The second-order valence-electron chi connectivity index (χ2n) is 12.1. The van der Waals surface area contributed by atoms with Crippen molar-refractivity contribution in [3.8, 4) is 11.5 Å². The minimum absolute atomic E-state index is 0.153. The summed E-state index contributed by atoms with van der Waals surface area (Å²) >= 11 is 11.6. The van der Waals surface area contributed by atoms with Crippen molar-refractivity contribution in [1.29, 1.82) is 0 Å². The Bertz CT molecular complexity index is 1610. The minimum atomic E-state index is -1.28. The quantitative estimate of drug-likeness (QED) is 0.108. The Kier molecular flexibility index (Phi) is 14.2. The number of carbonyl (C=O) groups excluding carboxylic acids is 2. The lowest BCUT2D eigenvalue weighted by Gasteiger charge is -2.21. The lowest BCUT2D eigenvalue weighted by Crippen LogP contribution is -2.37. The summed E-state index contributed by atoms with van der Waals surface area (Å²) in [6, 6.07) is 27.7. The van der Waals surface area contributed by atoms with E-state index in [1.165, 1.54) is 27.7 Å². The molecule has 0 saturated carbocycles. The van der Waals surface area contributed by atoms with Gasteiger partial charge in [-0.05, 0) is 124 Å². The molecular formula is C38H40Cl2N2O8. The number of nitrogens with one attached hydrogen (secondary N) is 2. The molecule has 10 nitrogen and oxygen atoms in total. The first kappa shape index (κ1) is 39.4. The van der Waals surface area contributed by atoms with Crippen LogP contribution in [0, 0.1) is 0 Å². The number of aliphatic carboxylic acids is 2. The second-order valence-corrected chi connectivity index (χ2v) is 13.0. The lowest BCUT2D eigenvalue weighted by molar-refractivity contribution is -0.152. The van der Waals surface area contributed by atoms with Gasteiger partial charge in [0.05, 0.1) is 0 Å². The van der Waals surface area contributed by atoms with Gasteiger partial charge in [0, 0.05) is 34.3 Å². The third-order valence-corrected chi connectivity index (χ3v) is 7.74. The van der Waals surface area contributed by atoms with Gasteiger partial charge < -0.3 is 30.3 Å². The van der Waals surface area contributed by atoms with E-state index in [1.54, 1.807) is 72.8 Å². The Labute approximate surface area is 301 Å². The molecule has 0 unspecified atom stereocenters. The van der Waals surface area contributed by atoms with Gasteiger partial charge in [-0.25, -0.2) is 9.59 Å². The Morgan fingerprint density at radius 1 is 0.540 bits per heavy atom. The zero-order valence-corrected chi connectivity index (χ0v) is 29.7. The van der Waals surface area contributed by atoms with Gasteiger partial charge in [0.1, 0.15) is 11.5 Å². The molecule has 12 heteroatoms. The van der Waals surface area contributed by atoms with Crippen molar-refractivity contribution in [2.24, 2.45) is 0 Å². The Balaban J connectivity index is 0.000000270. The van der Waals surface area contributed by atoms with Crippen molar-refractivity contribution < 1.29 is 38.9 Å². The fourth-order valence-electron chi connectivity index (χ4n) is 4.17. The van der Waals surface area contributed by atoms with Gasteiger partial charge in [-0.1, -0.05) is 47.5 Å². The maximum absolute atomic E-state index is 12.0. The Hall–Kier alpha value is -5.06. The molecule has 0 atom stereocenters. The normalized spacial score (nSPS) is 11.0. The van der Waals surface area contributed by atoms with Crippen molar-refractivity contribution in [2.45, 2.75) is 51.7 Å². The predicted octanol–water partition coefficient (Wildman–Crippen LogP) is 7.11. The number of carbonyl (C=O) groups is 4. The number of hydrogen-bond donors (Lipinski definition) is 4. The van der Waals surface area contributed by atoms with Crippen LogP contribution in [-0.4, -0.2) is 58.3 Å². The van der Waals surface area contributed by atoms with E-state index >= 15 is 0 Å². The fraction of sp³-hybridized carbons (Fsp3) is 0.263. The van der Waals surface area contributed by atoms with Gasteiger partial charge in [-0.2, -0.15) is 0 Å². The van der Waals surface area contributed by atoms with Crippen LogP contribution in [0.3, 0.4) is 0 Å². The van der Waals surface area contributed by atoms with E-state index in [1.807, 2.05) is 24.3 Å². The van der Waals surface area contributed by atoms with Crippen LogP contribution in [0.2, 0.25) is 10.0 Å². The Morgan fingerprint density at radius 3 is 1.12 bits per heavy atom. The van der Waals surface area contributed by atoms with Gasteiger partial charge in [0.15, 0.2) is 11.2 Å². The average molecular weight is 724 g/mol. The van der Waals surface area contributed by atoms with E-state index in [-0.39, 0.29) is 11.8 Å². The average Bonchev–Trinajstić information content (AvgIpc) is 3.07. The van der Waals surface area contributed by atoms with E-state index in [2.05, 4.69) is 10.6 Å². The summed E-state index contributed by atoms with van der Waals surface area (Å²) in [5.74, 6) is -1.38. The zero-order valence-electron chi connectivity index (χ0n) is 28.2. The van der Waals surface area contributed by atoms with Crippen LogP contribution in [0.15, 0.2) is 97.1 Å². The molecule has 4 N–H and O–H groups in total. The van der Waals surface area contributed by atoms with E-state index in [0.717, 1.165) is 11.1 Å². The van der Waals surface area contributed by atoms with Crippen LogP contribution in [-0.2, 0) is 22.4 Å². The fourth-order valence-corrected chi connectivity index (χ4v) is 4.42. The maximum Gasteiger partial charge on any atom is 0.347 e. The van der Waals surface area contributed by atoms with E-state index in [0.29, 0.717) is 58.6 Å². The highest BCUT2D eigenvalue weighted by molar-refractivity contribution is 6.31. The molecule has 0 aliphatic carbocycles. The number of rotatable bonds is 14. The molecule has 4 aromatic carbocycles. The smallest absolute Gasteiger partial charge is 0.347 e. The highest BCUT2D eigenvalue weighted by Gasteiger charge is 2.30. The summed E-state index contributed by atoms with van der Waals surface area (Å²) in [6.45, 7) is 6.96. The molecule has 0 radical (unpaired) electrons. The standard InChI is InChI=1S/2C19H20ClNO4/c2*1-19(2,18(23)24)25-16-9-3-13(4-10-16)11-12-21-17(22)14-5-7-15(20)8-6-14/h2*3-10H,11-12H2,1-2H3,(H,21,22)(H,23,24). The van der Waals surface area contributed by atoms with E-state index in [9.17, 15) is 19.2 Å². The molecule has 4 aromatic rings. The van der Waals surface area contributed by atoms with Crippen LogP contribution in [0.1, 0.15) is 59.5 Å². The first-order valence-corrected chi connectivity index (χ1v) is 16.4. The molecule has 0 bridgehead atoms. The number of carboxylic acid groups (broad SMARTS) is 2. The van der Waals surface area contributed by atoms with Gasteiger partial charge in [0.25, 0.3) is 11.8 Å². The van der Waals surface area contributed by atoms with Crippen molar-refractivity contribution >= 4 is 47.0 Å². The van der Waals surface area contributed by atoms with Crippen LogP contribution in [0.25, 0.3) is 0 Å². The molecule has 0 aliphatic rings. The molecular weight excluding hydrogens is 683 g/mol. The largest absolute Gasteiger partial charge is 0.478 e. The van der Waals surface area contributed by atoms with Crippen molar-refractivity contribution in [1.82, 2.24) is 10.6 Å². The topological polar surface area (TPSA) is 151 Å². The monoisotopic (exact) mass is 722 g/mol. The van der Waals surface area contributed by atoms with Crippen LogP contribution < -0.4 is 20.1 Å². The molecule has 0 aliphatic heterocycles. The van der Waals surface area contributed by atoms with Gasteiger partial charge in [-0.3, -0.25) is 9.59 Å². The molecule has 50 heavy (non-hydrogen) atoms. The minimum Gasteiger partial charge on any atom is -0.478 e. The highest BCUT2D eigenvalue weighted by atomic mass is 35.5. The second kappa shape index (κ2) is 18.1. The molecule has 4 rings (SSSR count). The summed E-state index contributed by atoms with van der Waals surface area (Å²) in [5.41, 5.74) is 0.573. The van der Waals surface area contributed by atoms with Crippen molar-refractivity contribution in [3.63, 3.8) is 0 Å². The number of carboxylic acids is 2. The zero-order chi connectivity index (χ0) is 36.9. The number of ether oxygens (including phenoxy) is 2. The van der Waals surface area contributed by atoms with Crippen molar-refractivity contribution in [3.05, 3.63) is 129 Å². The Morgan fingerprint density at radius 2 is 0.840 bits per heavy atom. The summed E-state index contributed by atoms with van der Waals surface area (Å²) in [4.78, 5) is 46.1. The molecule has 0 saturated heterocycles. The predicted molar refractivity (Wildman–Crippen MR) is 193 cm³/mol. The van der Waals surface area contributed by atoms with Gasteiger partial charge in [0.2, 0.25) is 0 Å². The van der Waals surface area contributed by atoms with E-state index in [4.69, 9.17) is 42.9 Å². The number of hydrogen-bond acceptors (Lipinski definition) is 6. The van der Waals surface area contributed by atoms with Gasteiger partial charge >= 0.3 is 11.9 Å². The SMILES string of the molecule is CC(C)(Oc1ccc(CCNC(=O)c2ccc(Cl)cc2)cc1)C(=O)O.CC(C)(Oc1ccc(CCNC(=O)c2ccc(Cl)cc2)cc1)C(=O)O. The summed E-state index contributed by atoms with van der Waals surface area (Å²) in [6.07, 6.45) is 1.31. The van der Waals surface area contributed by atoms with Crippen LogP contribution in [0.4, 0.5) is 0 Å². The molecule has 2 amide bonds. The van der Waals surface area contributed by atoms with E-state index < -0.39 is 23.1 Å². The maximum atomic E-state index is 12.0. The summed E-state index contributed by atoms with van der Waals surface area (Å²) in [7, 11) is 0. The molecule has 264 valence electrons. The molecule has 0 spiro atoms.